The molecule has 1 heterocycles. The van der Waals surface area contributed by atoms with Crippen molar-refractivity contribution < 1.29 is 0 Å². The van der Waals surface area contributed by atoms with Gasteiger partial charge in [-0.15, -0.1) is 11.3 Å². The van der Waals surface area contributed by atoms with Gasteiger partial charge in [0, 0.05) is 21.5 Å². The number of hydrogen-bond donors (Lipinski definition) is 1. The summed E-state index contributed by atoms with van der Waals surface area (Å²) in [7, 11) is 1.95. The zero-order chi connectivity index (χ0) is 12.4. The third-order valence-corrected chi connectivity index (χ3v) is 4.20. The second-order valence-electron chi connectivity index (χ2n) is 3.94. The van der Waals surface area contributed by atoms with Gasteiger partial charge >= 0.3 is 0 Å². The molecule has 0 aliphatic carbocycles. The highest BCUT2D eigenvalue weighted by Crippen LogP contribution is 2.35. The smallest absolute Gasteiger partial charge is 0.0905 e. The minimum absolute atomic E-state index is 0.285. The molecule has 1 aromatic heterocycles. The van der Waals surface area contributed by atoms with Crippen LogP contribution in [-0.4, -0.2) is 12.0 Å². The van der Waals surface area contributed by atoms with E-state index in [0.29, 0.717) is 0 Å². The molecule has 0 aliphatic heterocycles. The molecule has 0 saturated heterocycles. The van der Waals surface area contributed by atoms with E-state index in [1.807, 2.05) is 38.2 Å². The summed E-state index contributed by atoms with van der Waals surface area (Å²) in [6.07, 6.45) is 0. The summed E-state index contributed by atoms with van der Waals surface area (Å²) in [6, 6.07) is 8.13. The number of benzene rings is 1. The van der Waals surface area contributed by atoms with Crippen LogP contribution < -0.4 is 5.32 Å². The highest BCUT2D eigenvalue weighted by atomic mass is 35.5. The van der Waals surface area contributed by atoms with Crippen molar-refractivity contribution in [2.45, 2.75) is 19.9 Å². The molecule has 0 aliphatic rings. The Hall–Kier alpha value is -0.900. The van der Waals surface area contributed by atoms with Gasteiger partial charge < -0.3 is 5.32 Å². The van der Waals surface area contributed by atoms with Gasteiger partial charge in [0.25, 0.3) is 0 Å². The highest BCUT2D eigenvalue weighted by Gasteiger charge is 2.17. The summed E-state index contributed by atoms with van der Waals surface area (Å²) in [6.45, 7) is 4.16. The molecule has 1 aromatic carbocycles. The van der Waals surface area contributed by atoms with Crippen LogP contribution in [0, 0.1) is 6.92 Å². The van der Waals surface area contributed by atoms with Crippen molar-refractivity contribution in [1.29, 1.82) is 0 Å². The first kappa shape index (κ1) is 12.6. The normalized spacial score (nSPS) is 12.7. The molecule has 0 spiro atoms. The Labute approximate surface area is 111 Å². The average Bonchev–Trinajstić information content (AvgIpc) is 2.71. The second-order valence-corrected chi connectivity index (χ2v) is 5.58. The standard InChI is InChI=1S/C13H15ClN2S/c1-8(15-3)13-12(16-9(2)17-13)10-6-4-5-7-11(10)14/h4-8,15H,1-3H3. The molecule has 2 nitrogen and oxygen atoms in total. The zero-order valence-electron chi connectivity index (χ0n) is 10.1. The van der Waals surface area contributed by atoms with E-state index in [2.05, 4.69) is 17.2 Å². The van der Waals surface area contributed by atoms with Crippen LogP contribution in [0.25, 0.3) is 11.3 Å². The van der Waals surface area contributed by atoms with Crippen molar-refractivity contribution >= 4 is 22.9 Å². The molecule has 0 bridgehead atoms. The fourth-order valence-corrected chi connectivity index (χ4v) is 2.94. The molecule has 0 saturated carbocycles. The van der Waals surface area contributed by atoms with E-state index in [4.69, 9.17) is 11.6 Å². The number of aromatic nitrogens is 1. The van der Waals surface area contributed by atoms with Crippen LogP contribution in [0.3, 0.4) is 0 Å². The molecule has 90 valence electrons. The molecule has 1 unspecified atom stereocenters. The lowest BCUT2D eigenvalue weighted by atomic mass is 10.1. The van der Waals surface area contributed by atoms with Gasteiger partial charge in [0.15, 0.2) is 0 Å². The van der Waals surface area contributed by atoms with E-state index >= 15 is 0 Å². The number of rotatable bonds is 3. The third kappa shape index (κ3) is 2.51. The van der Waals surface area contributed by atoms with Crippen molar-refractivity contribution in [3.05, 3.63) is 39.2 Å². The Kier molecular flexibility index (Phi) is 3.82. The maximum Gasteiger partial charge on any atom is 0.0905 e. The Balaban J connectivity index is 2.56. The van der Waals surface area contributed by atoms with Gasteiger partial charge in [0.1, 0.15) is 0 Å². The quantitative estimate of drug-likeness (QED) is 0.907. The van der Waals surface area contributed by atoms with Gasteiger partial charge in [-0.1, -0.05) is 29.8 Å². The average molecular weight is 267 g/mol. The minimum atomic E-state index is 0.285. The molecule has 1 atom stereocenters. The SMILES string of the molecule is CNC(C)c1sc(C)nc1-c1ccccc1Cl. The highest BCUT2D eigenvalue weighted by molar-refractivity contribution is 7.12. The van der Waals surface area contributed by atoms with Crippen molar-refractivity contribution in [2.75, 3.05) is 7.05 Å². The number of nitrogens with one attached hydrogen (secondary N) is 1. The van der Waals surface area contributed by atoms with Crippen molar-refractivity contribution in [2.24, 2.45) is 0 Å². The lowest BCUT2D eigenvalue weighted by Crippen LogP contribution is -2.11. The number of aryl methyl sites for hydroxylation is 1. The first-order chi connectivity index (χ1) is 8.13. The number of hydrogen-bond acceptors (Lipinski definition) is 3. The van der Waals surface area contributed by atoms with E-state index in [1.54, 1.807) is 11.3 Å². The molecule has 2 aromatic rings. The summed E-state index contributed by atoms with van der Waals surface area (Å²) >= 11 is 7.95. The Morgan fingerprint density at radius 2 is 2.06 bits per heavy atom. The summed E-state index contributed by atoms with van der Waals surface area (Å²) < 4.78 is 0. The van der Waals surface area contributed by atoms with Crippen molar-refractivity contribution in [1.82, 2.24) is 10.3 Å². The Bertz CT molecular complexity index is 522. The van der Waals surface area contributed by atoms with Gasteiger partial charge in [-0.2, -0.15) is 0 Å². The maximum atomic E-state index is 6.23. The minimum Gasteiger partial charge on any atom is -0.312 e. The number of thiazole rings is 1. The van der Waals surface area contributed by atoms with Crippen LogP contribution >= 0.6 is 22.9 Å². The Morgan fingerprint density at radius 3 is 2.71 bits per heavy atom. The van der Waals surface area contributed by atoms with Crippen LogP contribution in [0.2, 0.25) is 5.02 Å². The van der Waals surface area contributed by atoms with Gasteiger partial charge in [-0.3, -0.25) is 0 Å². The zero-order valence-corrected chi connectivity index (χ0v) is 11.7. The predicted octanol–water partition coefficient (Wildman–Crippen LogP) is 4.05. The topological polar surface area (TPSA) is 24.9 Å². The van der Waals surface area contributed by atoms with Crippen molar-refractivity contribution in [3.63, 3.8) is 0 Å². The first-order valence-electron chi connectivity index (χ1n) is 5.53. The maximum absolute atomic E-state index is 6.23. The fourth-order valence-electron chi connectivity index (χ4n) is 1.71. The summed E-state index contributed by atoms with van der Waals surface area (Å²) in [4.78, 5) is 5.84. The van der Waals surface area contributed by atoms with E-state index in [9.17, 15) is 0 Å². The summed E-state index contributed by atoms with van der Waals surface area (Å²) in [5.41, 5.74) is 2.01. The second kappa shape index (κ2) is 5.17. The van der Waals surface area contributed by atoms with Gasteiger partial charge in [0.05, 0.1) is 10.7 Å². The first-order valence-corrected chi connectivity index (χ1v) is 6.72. The monoisotopic (exact) mass is 266 g/mol. The van der Waals surface area contributed by atoms with Crippen LogP contribution in [-0.2, 0) is 0 Å². The molecule has 4 heteroatoms. The summed E-state index contributed by atoms with van der Waals surface area (Å²) in [5.74, 6) is 0. The molecular weight excluding hydrogens is 252 g/mol. The van der Waals surface area contributed by atoms with Crippen LogP contribution in [0.15, 0.2) is 24.3 Å². The fraction of sp³-hybridized carbons (Fsp3) is 0.308. The van der Waals surface area contributed by atoms with Crippen LogP contribution in [0.4, 0.5) is 0 Å². The van der Waals surface area contributed by atoms with Gasteiger partial charge in [-0.25, -0.2) is 4.98 Å². The van der Waals surface area contributed by atoms with Crippen molar-refractivity contribution in [3.8, 4) is 11.3 Å². The van der Waals surface area contributed by atoms with E-state index in [0.717, 1.165) is 21.3 Å². The molecule has 17 heavy (non-hydrogen) atoms. The predicted molar refractivity (Wildman–Crippen MR) is 74.8 cm³/mol. The summed E-state index contributed by atoms with van der Waals surface area (Å²) in [5, 5.41) is 5.07. The number of nitrogens with zero attached hydrogens (tertiary/aromatic N) is 1. The van der Waals surface area contributed by atoms with Crippen LogP contribution in [0.5, 0.6) is 0 Å². The molecule has 2 rings (SSSR count). The van der Waals surface area contributed by atoms with Crippen LogP contribution in [0.1, 0.15) is 22.9 Å². The molecular formula is C13H15ClN2S. The molecule has 0 radical (unpaired) electrons. The lowest BCUT2D eigenvalue weighted by Gasteiger charge is -2.10. The third-order valence-electron chi connectivity index (χ3n) is 2.72. The van der Waals surface area contributed by atoms with E-state index in [1.165, 1.54) is 4.88 Å². The molecule has 1 N–H and O–H groups in total. The lowest BCUT2D eigenvalue weighted by molar-refractivity contribution is 0.664. The van der Waals surface area contributed by atoms with E-state index in [-0.39, 0.29) is 6.04 Å². The van der Waals surface area contributed by atoms with E-state index < -0.39 is 0 Å². The Morgan fingerprint density at radius 1 is 1.35 bits per heavy atom. The molecule has 0 fully saturated rings. The number of halogens is 1. The van der Waals surface area contributed by atoms with Gasteiger partial charge in [-0.05, 0) is 27.0 Å². The van der Waals surface area contributed by atoms with Gasteiger partial charge in [0.2, 0.25) is 0 Å². The molecule has 0 amide bonds. The largest absolute Gasteiger partial charge is 0.312 e.